The molecule has 1 heterocycles. The number of ether oxygens (including phenoxy) is 1. The van der Waals surface area contributed by atoms with Gasteiger partial charge in [0, 0.05) is 24.9 Å². The minimum Gasteiger partial charge on any atom is -0.465 e. The summed E-state index contributed by atoms with van der Waals surface area (Å²) in [7, 11) is 0. The van der Waals surface area contributed by atoms with Crippen LogP contribution < -0.4 is 15.0 Å². The number of carbonyl (C=O) groups excluding carboxylic acids is 2. The molecule has 1 aliphatic rings. The van der Waals surface area contributed by atoms with Gasteiger partial charge in [-0.2, -0.15) is 0 Å². The number of nitrogens with zero attached hydrogens (tertiary/aromatic N) is 2. The molecule has 3 aromatic rings. The Morgan fingerprint density at radius 3 is 2.49 bits per heavy atom. The standard InChI is InChI=1S/C29H27Cl2N3O5/c1-19-7-13-24(30)27(31)28(19)39-23-11-9-22(10-12-23)34(25(35)14-8-20-5-3-2-4-6-20)18-26(36)33-16-15-21(17-33)32-29(37)38/h2-14,21,32H,15-18H2,1H3,(H,37,38)/b14-8+/t21-/m0/s1. The Kier molecular flexibility index (Phi) is 9.11. The van der Waals surface area contributed by atoms with Gasteiger partial charge in [-0.05, 0) is 60.9 Å². The van der Waals surface area contributed by atoms with Crippen LogP contribution in [0.2, 0.25) is 10.0 Å². The molecule has 8 nitrogen and oxygen atoms in total. The first-order valence-electron chi connectivity index (χ1n) is 12.3. The van der Waals surface area contributed by atoms with Crippen LogP contribution in [0, 0.1) is 6.92 Å². The second-order valence-electron chi connectivity index (χ2n) is 9.05. The first-order valence-corrected chi connectivity index (χ1v) is 13.0. The van der Waals surface area contributed by atoms with Crippen LogP contribution in [0.5, 0.6) is 11.5 Å². The zero-order chi connectivity index (χ0) is 27.9. The van der Waals surface area contributed by atoms with Crippen molar-refractivity contribution in [2.75, 3.05) is 24.5 Å². The van der Waals surface area contributed by atoms with Crippen molar-refractivity contribution in [1.29, 1.82) is 0 Å². The third-order valence-corrected chi connectivity index (χ3v) is 7.05. The van der Waals surface area contributed by atoms with E-state index in [-0.39, 0.29) is 30.9 Å². The van der Waals surface area contributed by atoms with Crippen LogP contribution >= 0.6 is 23.2 Å². The van der Waals surface area contributed by atoms with E-state index in [9.17, 15) is 14.4 Å². The summed E-state index contributed by atoms with van der Waals surface area (Å²) in [6, 6.07) is 19.2. The number of halogens is 2. The number of aryl methyl sites for hydroxylation is 1. The fourth-order valence-electron chi connectivity index (χ4n) is 4.20. The highest BCUT2D eigenvalue weighted by molar-refractivity contribution is 6.43. The third-order valence-electron chi connectivity index (χ3n) is 6.26. The number of hydrogen-bond donors (Lipinski definition) is 2. The summed E-state index contributed by atoms with van der Waals surface area (Å²) < 4.78 is 5.96. The lowest BCUT2D eigenvalue weighted by molar-refractivity contribution is -0.130. The van der Waals surface area contributed by atoms with E-state index in [1.165, 1.54) is 11.0 Å². The minimum absolute atomic E-state index is 0.211. The highest BCUT2D eigenvalue weighted by atomic mass is 35.5. The molecule has 4 rings (SSSR count). The van der Waals surface area contributed by atoms with Crippen LogP contribution in [0.3, 0.4) is 0 Å². The molecule has 0 saturated carbocycles. The fraction of sp³-hybridized carbons (Fsp3) is 0.207. The minimum atomic E-state index is -1.13. The number of rotatable bonds is 8. The van der Waals surface area contributed by atoms with Gasteiger partial charge in [-0.25, -0.2) is 4.79 Å². The van der Waals surface area contributed by atoms with E-state index < -0.39 is 6.09 Å². The molecule has 202 valence electrons. The molecule has 39 heavy (non-hydrogen) atoms. The quantitative estimate of drug-likeness (QED) is 0.325. The normalized spacial score (nSPS) is 14.8. The van der Waals surface area contributed by atoms with E-state index in [0.29, 0.717) is 40.2 Å². The van der Waals surface area contributed by atoms with Gasteiger partial charge in [0.15, 0.2) is 0 Å². The van der Waals surface area contributed by atoms with Crippen LogP contribution in [0.4, 0.5) is 10.5 Å². The average Bonchev–Trinajstić information content (AvgIpc) is 3.39. The summed E-state index contributed by atoms with van der Waals surface area (Å²) in [4.78, 5) is 40.3. The van der Waals surface area contributed by atoms with Crippen molar-refractivity contribution in [3.8, 4) is 11.5 Å². The molecule has 1 fully saturated rings. The zero-order valence-corrected chi connectivity index (χ0v) is 22.7. The van der Waals surface area contributed by atoms with E-state index in [4.69, 9.17) is 33.0 Å². The number of carboxylic acid groups (broad SMARTS) is 1. The predicted molar refractivity (Wildman–Crippen MR) is 152 cm³/mol. The Morgan fingerprint density at radius 1 is 1.08 bits per heavy atom. The number of likely N-dealkylation sites (tertiary alicyclic amines) is 1. The fourth-order valence-corrected chi connectivity index (χ4v) is 4.60. The van der Waals surface area contributed by atoms with Crippen molar-refractivity contribution < 1.29 is 24.2 Å². The predicted octanol–water partition coefficient (Wildman–Crippen LogP) is 6.01. The average molecular weight is 568 g/mol. The lowest BCUT2D eigenvalue weighted by Crippen LogP contribution is -2.43. The number of benzene rings is 3. The van der Waals surface area contributed by atoms with Crippen molar-refractivity contribution in [3.05, 3.63) is 94.0 Å². The van der Waals surface area contributed by atoms with Gasteiger partial charge in [0.25, 0.3) is 5.91 Å². The van der Waals surface area contributed by atoms with Gasteiger partial charge in [0.1, 0.15) is 23.1 Å². The molecule has 0 aromatic heterocycles. The molecule has 0 radical (unpaired) electrons. The van der Waals surface area contributed by atoms with Crippen molar-refractivity contribution in [3.63, 3.8) is 0 Å². The smallest absolute Gasteiger partial charge is 0.404 e. The van der Waals surface area contributed by atoms with Crippen molar-refractivity contribution in [2.24, 2.45) is 0 Å². The Hall–Kier alpha value is -4.01. The van der Waals surface area contributed by atoms with Gasteiger partial charge < -0.3 is 20.1 Å². The van der Waals surface area contributed by atoms with Crippen molar-refractivity contribution in [1.82, 2.24) is 10.2 Å². The molecule has 3 aromatic carbocycles. The number of amides is 3. The summed E-state index contributed by atoms with van der Waals surface area (Å²) >= 11 is 12.5. The van der Waals surface area contributed by atoms with Gasteiger partial charge in [-0.1, -0.05) is 59.6 Å². The first kappa shape index (κ1) is 28.0. The Bertz CT molecular complexity index is 1380. The molecule has 1 saturated heterocycles. The van der Waals surface area contributed by atoms with E-state index in [2.05, 4.69) is 5.32 Å². The largest absolute Gasteiger partial charge is 0.465 e. The summed E-state index contributed by atoms with van der Waals surface area (Å²) in [6.07, 6.45) is 2.48. The first-order chi connectivity index (χ1) is 18.7. The second-order valence-corrected chi connectivity index (χ2v) is 9.83. The highest BCUT2D eigenvalue weighted by Gasteiger charge is 2.29. The van der Waals surface area contributed by atoms with Gasteiger partial charge in [0.2, 0.25) is 5.91 Å². The zero-order valence-electron chi connectivity index (χ0n) is 21.1. The molecule has 1 atom stereocenters. The monoisotopic (exact) mass is 567 g/mol. The number of anilines is 1. The van der Waals surface area contributed by atoms with Gasteiger partial charge in [0.05, 0.1) is 11.1 Å². The van der Waals surface area contributed by atoms with E-state index in [1.54, 1.807) is 47.4 Å². The second kappa shape index (κ2) is 12.7. The van der Waals surface area contributed by atoms with Gasteiger partial charge in [-0.15, -0.1) is 0 Å². The molecule has 0 unspecified atom stereocenters. The molecular formula is C29H27Cl2N3O5. The number of carbonyl (C=O) groups is 3. The van der Waals surface area contributed by atoms with Crippen LogP contribution in [0.25, 0.3) is 6.08 Å². The van der Waals surface area contributed by atoms with Gasteiger partial charge in [-0.3, -0.25) is 14.5 Å². The maximum atomic E-state index is 13.3. The molecule has 2 N–H and O–H groups in total. The van der Waals surface area contributed by atoms with Crippen LogP contribution in [0.15, 0.2) is 72.8 Å². The van der Waals surface area contributed by atoms with Crippen LogP contribution in [-0.4, -0.2) is 53.6 Å². The molecule has 1 aliphatic heterocycles. The Labute approximate surface area is 236 Å². The number of nitrogens with one attached hydrogen (secondary N) is 1. The Balaban J connectivity index is 1.54. The lowest BCUT2D eigenvalue weighted by atomic mass is 10.2. The van der Waals surface area contributed by atoms with Gasteiger partial charge >= 0.3 is 6.09 Å². The summed E-state index contributed by atoms with van der Waals surface area (Å²) in [5, 5.41) is 12.1. The summed E-state index contributed by atoms with van der Waals surface area (Å²) in [5.74, 6) is 0.248. The molecule has 3 amide bonds. The highest BCUT2D eigenvalue weighted by Crippen LogP contribution is 2.38. The summed E-state index contributed by atoms with van der Waals surface area (Å²) in [5.41, 5.74) is 2.15. The van der Waals surface area contributed by atoms with E-state index in [0.717, 1.165) is 11.1 Å². The molecule has 10 heteroatoms. The topological polar surface area (TPSA) is 99.2 Å². The molecule has 0 bridgehead atoms. The lowest BCUT2D eigenvalue weighted by Gasteiger charge is -2.25. The Morgan fingerprint density at radius 2 is 1.79 bits per heavy atom. The van der Waals surface area contributed by atoms with Crippen LogP contribution in [0.1, 0.15) is 17.5 Å². The maximum absolute atomic E-state index is 13.3. The SMILES string of the molecule is Cc1ccc(Cl)c(Cl)c1Oc1ccc(N(CC(=O)N2CC[C@H](NC(=O)O)C2)C(=O)/C=C/c2ccccc2)cc1. The van der Waals surface area contributed by atoms with Crippen molar-refractivity contribution in [2.45, 2.75) is 19.4 Å². The molecular weight excluding hydrogens is 541 g/mol. The van der Waals surface area contributed by atoms with Crippen LogP contribution in [-0.2, 0) is 9.59 Å². The summed E-state index contributed by atoms with van der Waals surface area (Å²) in [6.45, 7) is 2.29. The molecule has 0 aliphatic carbocycles. The van der Waals surface area contributed by atoms with E-state index in [1.807, 2.05) is 37.3 Å². The van der Waals surface area contributed by atoms with E-state index >= 15 is 0 Å². The maximum Gasteiger partial charge on any atom is 0.404 e. The molecule has 0 spiro atoms. The third kappa shape index (κ3) is 7.31. The van der Waals surface area contributed by atoms with Crippen molar-refractivity contribution >= 4 is 52.9 Å². The number of hydrogen-bond acceptors (Lipinski definition) is 4.